The van der Waals surface area contributed by atoms with Crippen LogP contribution in [0.15, 0.2) is 35.3 Å². The molecule has 1 aliphatic heterocycles. The molecule has 3 aromatic rings. The van der Waals surface area contributed by atoms with Crippen molar-refractivity contribution >= 4 is 17.3 Å². The number of rotatable bonds is 3. The van der Waals surface area contributed by atoms with Crippen LogP contribution in [-0.4, -0.2) is 35.8 Å². The van der Waals surface area contributed by atoms with Crippen LogP contribution in [0.3, 0.4) is 0 Å². The van der Waals surface area contributed by atoms with E-state index in [1.807, 2.05) is 0 Å². The quantitative estimate of drug-likeness (QED) is 0.650. The number of fused-ring (bicyclic) bond motifs is 1. The number of anilines is 1. The van der Waals surface area contributed by atoms with E-state index in [2.05, 4.69) is 9.98 Å². The van der Waals surface area contributed by atoms with Gasteiger partial charge in [0.2, 0.25) is 0 Å². The number of benzene rings is 2. The van der Waals surface area contributed by atoms with Crippen molar-refractivity contribution in [3.8, 4) is 17.1 Å². The number of aromatic amines is 1. The average molecular weight is 403 g/mol. The van der Waals surface area contributed by atoms with Crippen LogP contribution in [0.25, 0.3) is 11.3 Å². The van der Waals surface area contributed by atoms with Crippen molar-refractivity contribution in [3.63, 3.8) is 0 Å². The van der Waals surface area contributed by atoms with Crippen molar-refractivity contribution in [2.75, 3.05) is 19.0 Å². The van der Waals surface area contributed by atoms with Crippen LogP contribution in [0, 0.1) is 23.3 Å². The lowest BCUT2D eigenvalue weighted by Gasteiger charge is -2.14. The van der Waals surface area contributed by atoms with Crippen LogP contribution in [0.2, 0.25) is 0 Å². The molecule has 0 saturated heterocycles. The van der Waals surface area contributed by atoms with E-state index in [0.717, 1.165) is 0 Å². The molecular weight excluding hydrogens is 390 g/mol. The molecule has 0 atom stereocenters. The summed E-state index contributed by atoms with van der Waals surface area (Å²) >= 11 is 0. The highest BCUT2D eigenvalue weighted by Gasteiger charge is 2.36. The van der Waals surface area contributed by atoms with Crippen LogP contribution in [0.1, 0.15) is 21.5 Å². The summed E-state index contributed by atoms with van der Waals surface area (Å²) in [6.07, 6.45) is 0. The summed E-state index contributed by atoms with van der Waals surface area (Å²) in [6.45, 7) is 0. The third kappa shape index (κ3) is 2.86. The maximum absolute atomic E-state index is 14.5. The minimum absolute atomic E-state index is 0.0300. The second kappa shape index (κ2) is 6.47. The molecule has 4 rings (SSSR count). The number of H-pyrrole nitrogens is 1. The normalized spacial score (nSPS) is 12.9. The van der Waals surface area contributed by atoms with Gasteiger partial charge < -0.3 is 15.0 Å². The lowest BCUT2D eigenvalue weighted by atomic mass is 9.99. The largest absolute Gasteiger partial charge is 0.494 e. The Morgan fingerprint density at radius 2 is 1.59 bits per heavy atom. The molecule has 0 bridgehead atoms. The molecule has 0 aliphatic carbocycles. The zero-order chi connectivity index (χ0) is 21.0. The van der Waals surface area contributed by atoms with E-state index in [4.69, 9.17) is 0 Å². The van der Waals surface area contributed by atoms with E-state index in [-0.39, 0.29) is 22.4 Å². The maximum atomic E-state index is 14.5. The third-order valence-corrected chi connectivity index (χ3v) is 4.62. The highest BCUT2D eigenvalue weighted by molar-refractivity contribution is 6.30. The number of amides is 1. The van der Waals surface area contributed by atoms with Gasteiger partial charge >= 0.3 is 0 Å². The number of nitrogens with zero attached hydrogens (tertiary/aromatic N) is 2. The number of halogens is 4. The minimum atomic E-state index is -1.29. The number of hydrogen-bond acceptors (Lipinski definition) is 3. The van der Waals surface area contributed by atoms with Gasteiger partial charge in [0.25, 0.3) is 5.91 Å². The van der Waals surface area contributed by atoms with Crippen LogP contribution in [0.5, 0.6) is 5.88 Å². The first kappa shape index (κ1) is 18.7. The molecule has 9 heteroatoms. The summed E-state index contributed by atoms with van der Waals surface area (Å²) < 4.78 is 56.2. The van der Waals surface area contributed by atoms with Gasteiger partial charge in [-0.3, -0.25) is 4.79 Å². The van der Waals surface area contributed by atoms with E-state index in [9.17, 15) is 27.5 Å². The average Bonchev–Trinajstić information content (AvgIpc) is 3.13. The smallest absolute Gasteiger partial charge is 0.280 e. The third-order valence-electron chi connectivity index (χ3n) is 4.62. The van der Waals surface area contributed by atoms with Gasteiger partial charge in [0.05, 0.1) is 28.1 Å². The molecule has 29 heavy (non-hydrogen) atoms. The molecule has 2 aromatic carbocycles. The second-order valence-electron chi connectivity index (χ2n) is 6.67. The Balaban J connectivity index is 1.94. The molecule has 0 spiro atoms. The Kier molecular flexibility index (Phi) is 4.18. The van der Waals surface area contributed by atoms with Gasteiger partial charge in [-0.1, -0.05) is 0 Å². The van der Waals surface area contributed by atoms with Gasteiger partial charge in [-0.05, 0) is 18.2 Å². The molecular formula is C20H13F4N3O2. The van der Waals surface area contributed by atoms with Crippen molar-refractivity contribution in [2.24, 2.45) is 4.99 Å². The fourth-order valence-electron chi connectivity index (χ4n) is 3.28. The monoisotopic (exact) mass is 403 g/mol. The Morgan fingerprint density at radius 3 is 2.21 bits per heavy atom. The van der Waals surface area contributed by atoms with E-state index in [0.29, 0.717) is 17.8 Å². The fraction of sp³-hybridized carbons (Fsp3) is 0.100. The number of carbonyl (C=O) groups excluding carboxylic acids is 1. The standard InChI is InChI=1S/C20H13F4N3O2/c1-27(2)9-3-4-11(22)10(7-9)17-15-16(20(29)25-17)18(26-19(15)28)14-12(23)5-8(21)6-13(14)24/h3-7,25,29H,1-2H3. The van der Waals surface area contributed by atoms with E-state index < -0.39 is 46.3 Å². The molecule has 1 amide bonds. The van der Waals surface area contributed by atoms with E-state index >= 15 is 0 Å². The number of carbonyl (C=O) groups is 1. The first-order valence-electron chi connectivity index (χ1n) is 8.39. The fourth-order valence-corrected chi connectivity index (χ4v) is 3.28. The molecule has 1 aliphatic rings. The van der Waals surface area contributed by atoms with E-state index in [1.165, 1.54) is 18.2 Å². The van der Waals surface area contributed by atoms with Crippen molar-refractivity contribution in [1.82, 2.24) is 4.98 Å². The molecule has 2 N–H and O–H groups in total. The lowest BCUT2D eigenvalue weighted by Crippen LogP contribution is -2.09. The van der Waals surface area contributed by atoms with Gasteiger partial charge in [0.15, 0.2) is 5.88 Å². The Bertz CT molecular complexity index is 1190. The predicted octanol–water partition coefficient (Wildman–Crippen LogP) is 4.00. The maximum Gasteiger partial charge on any atom is 0.280 e. The number of hydrogen-bond donors (Lipinski definition) is 2. The Labute approximate surface area is 161 Å². The molecule has 0 unspecified atom stereocenters. The van der Waals surface area contributed by atoms with Gasteiger partial charge in [0.1, 0.15) is 23.3 Å². The minimum Gasteiger partial charge on any atom is -0.494 e. The van der Waals surface area contributed by atoms with Crippen molar-refractivity contribution in [3.05, 3.63) is 70.3 Å². The second-order valence-corrected chi connectivity index (χ2v) is 6.67. The summed E-state index contributed by atoms with van der Waals surface area (Å²) in [5.74, 6) is -5.93. The zero-order valence-electron chi connectivity index (χ0n) is 15.1. The highest BCUT2D eigenvalue weighted by Crippen LogP contribution is 2.40. The summed E-state index contributed by atoms with van der Waals surface area (Å²) in [6, 6.07) is 5.04. The van der Waals surface area contributed by atoms with E-state index in [1.54, 1.807) is 19.0 Å². The topological polar surface area (TPSA) is 68.7 Å². The van der Waals surface area contributed by atoms with Crippen LogP contribution < -0.4 is 4.90 Å². The first-order valence-corrected chi connectivity index (χ1v) is 8.39. The summed E-state index contributed by atoms with van der Waals surface area (Å²) in [7, 11) is 3.47. The highest BCUT2D eigenvalue weighted by atomic mass is 19.1. The van der Waals surface area contributed by atoms with Gasteiger partial charge in [-0.15, -0.1) is 0 Å². The lowest BCUT2D eigenvalue weighted by molar-refractivity contribution is 0.101. The SMILES string of the molecule is CN(C)c1ccc(F)c(-c2[nH]c(O)c3c2C(=O)N=C3c2c(F)cc(F)cc2F)c1. The number of nitrogens with one attached hydrogen (secondary N) is 1. The van der Waals surface area contributed by atoms with Crippen molar-refractivity contribution < 1.29 is 27.5 Å². The van der Waals surface area contributed by atoms with Crippen LogP contribution in [-0.2, 0) is 0 Å². The Morgan fingerprint density at radius 1 is 0.931 bits per heavy atom. The van der Waals surface area contributed by atoms with Crippen LogP contribution in [0.4, 0.5) is 23.2 Å². The molecule has 0 saturated carbocycles. The van der Waals surface area contributed by atoms with Gasteiger partial charge in [-0.25, -0.2) is 22.6 Å². The zero-order valence-corrected chi connectivity index (χ0v) is 15.1. The summed E-state index contributed by atoms with van der Waals surface area (Å²) in [4.78, 5) is 20.3. The van der Waals surface area contributed by atoms with Gasteiger partial charge in [-0.2, -0.15) is 0 Å². The van der Waals surface area contributed by atoms with Crippen LogP contribution >= 0.6 is 0 Å². The summed E-state index contributed by atoms with van der Waals surface area (Å²) in [5, 5.41) is 10.3. The molecule has 2 heterocycles. The number of aliphatic imine (C=N–C) groups is 1. The van der Waals surface area contributed by atoms with Crippen molar-refractivity contribution in [2.45, 2.75) is 0 Å². The summed E-state index contributed by atoms with van der Waals surface area (Å²) in [5.41, 5.74) is -1.25. The molecule has 1 aromatic heterocycles. The molecule has 0 radical (unpaired) electrons. The molecule has 148 valence electrons. The van der Waals surface area contributed by atoms with Gasteiger partial charge in [0, 0.05) is 37.5 Å². The number of aromatic nitrogens is 1. The molecule has 0 fully saturated rings. The Hall–Kier alpha value is -3.62. The first-order chi connectivity index (χ1) is 13.7. The number of aromatic hydroxyl groups is 1. The molecule has 5 nitrogen and oxygen atoms in total. The van der Waals surface area contributed by atoms with Crippen molar-refractivity contribution in [1.29, 1.82) is 0 Å². The predicted molar refractivity (Wildman–Crippen MR) is 98.5 cm³/mol.